The molecule has 0 aromatic heterocycles. The highest BCUT2D eigenvalue weighted by molar-refractivity contribution is 6.47. The number of benzene rings is 4. The molecule has 2 amide bonds. The Balaban J connectivity index is 1.66. The van der Waals surface area contributed by atoms with Crippen LogP contribution in [0.2, 0.25) is 5.02 Å². The molecule has 0 bridgehead atoms. The second kappa shape index (κ2) is 8.69. The van der Waals surface area contributed by atoms with Crippen molar-refractivity contribution in [3.8, 4) is 5.75 Å². The van der Waals surface area contributed by atoms with Crippen LogP contribution in [0.25, 0.3) is 16.3 Å². The Bertz CT molecular complexity index is 1470. The van der Waals surface area contributed by atoms with E-state index < -0.39 is 5.91 Å². The van der Waals surface area contributed by atoms with E-state index in [1.165, 1.54) is 4.90 Å². The van der Waals surface area contributed by atoms with Crippen LogP contribution in [0.15, 0.2) is 90.6 Å². The predicted octanol–water partition coefficient (Wildman–Crippen LogP) is 6.21. The lowest BCUT2D eigenvalue weighted by Gasteiger charge is -2.18. The third-order valence-electron chi connectivity index (χ3n) is 5.92. The number of nitrogens with zero attached hydrogens (tertiary/aromatic N) is 1. The van der Waals surface area contributed by atoms with E-state index >= 15 is 0 Å². The number of aryl methyl sites for hydroxylation is 1. The van der Waals surface area contributed by atoms with Crippen LogP contribution in [0, 0.1) is 6.92 Å². The van der Waals surface area contributed by atoms with Gasteiger partial charge in [0, 0.05) is 16.1 Å². The summed E-state index contributed by atoms with van der Waals surface area (Å²) in [4.78, 5) is 28.8. The number of halogens is 1. The van der Waals surface area contributed by atoms with Crippen molar-refractivity contribution in [2.45, 2.75) is 6.92 Å². The minimum atomic E-state index is -0.415. The fourth-order valence-corrected chi connectivity index (χ4v) is 4.42. The van der Waals surface area contributed by atoms with Gasteiger partial charge in [-0.3, -0.25) is 9.59 Å². The number of imide groups is 1. The third kappa shape index (κ3) is 3.70. The molecule has 0 saturated heterocycles. The van der Waals surface area contributed by atoms with Crippen molar-refractivity contribution in [2.75, 3.05) is 17.3 Å². The van der Waals surface area contributed by atoms with Crippen LogP contribution >= 0.6 is 11.6 Å². The lowest BCUT2D eigenvalue weighted by molar-refractivity contribution is -0.120. The number of ether oxygens (including phenoxy) is 1. The van der Waals surface area contributed by atoms with Crippen molar-refractivity contribution in [3.05, 3.63) is 107 Å². The quantitative estimate of drug-likeness (QED) is 0.354. The topological polar surface area (TPSA) is 58.6 Å². The lowest BCUT2D eigenvalue weighted by atomic mass is 10.0. The first-order chi connectivity index (χ1) is 16.5. The zero-order valence-electron chi connectivity index (χ0n) is 18.6. The highest BCUT2D eigenvalue weighted by atomic mass is 35.5. The van der Waals surface area contributed by atoms with E-state index in [0.717, 1.165) is 16.3 Å². The summed E-state index contributed by atoms with van der Waals surface area (Å²) in [5.74, 6) is -0.141. The van der Waals surface area contributed by atoms with E-state index in [9.17, 15) is 9.59 Å². The van der Waals surface area contributed by atoms with Crippen molar-refractivity contribution in [2.24, 2.45) is 0 Å². The van der Waals surface area contributed by atoms with Crippen molar-refractivity contribution < 1.29 is 14.3 Å². The van der Waals surface area contributed by atoms with Gasteiger partial charge in [0.25, 0.3) is 11.8 Å². The summed E-state index contributed by atoms with van der Waals surface area (Å²) in [6.07, 6.45) is 0. The molecule has 5 nitrogen and oxygen atoms in total. The predicted molar refractivity (Wildman–Crippen MR) is 136 cm³/mol. The molecule has 6 heteroatoms. The zero-order chi connectivity index (χ0) is 23.8. The molecule has 0 spiro atoms. The first kappa shape index (κ1) is 21.7. The van der Waals surface area contributed by atoms with Gasteiger partial charge in [-0.2, -0.15) is 0 Å². The highest BCUT2D eigenvalue weighted by Crippen LogP contribution is 2.37. The van der Waals surface area contributed by atoms with Gasteiger partial charge in [0.05, 0.1) is 18.4 Å². The second-order valence-corrected chi connectivity index (χ2v) is 8.44. The fraction of sp³-hybridized carbons (Fsp3) is 0.0714. The molecular weight excluding hydrogens is 448 g/mol. The van der Waals surface area contributed by atoms with Gasteiger partial charge in [-0.1, -0.05) is 60.1 Å². The maximum absolute atomic E-state index is 13.8. The van der Waals surface area contributed by atoms with Gasteiger partial charge in [-0.05, 0) is 59.8 Å². The molecule has 0 radical (unpaired) electrons. The number of rotatable bonds is 5. The van der Waals surface area contributed by atoms with Gasteiger partial charge < -0.3 is 10.1 Å². The first-order valence-corrected chi connectivity index (χ1v) is 11.1. The number of anilines is 2. The summed E-state index contributed by atoms with van der Waals surface area (Å²) in [5.41, 5.74) is 3.24. The molecule has 0 aliphatic carbocycles. The van der Waals surface area contributed by atoms with E-state index in [2.05, 4.69) is 5.32 Å². The highest BCUT2D eigenvalue weighted by Gasteiger charge is 2.41. The van der Waals surface area contributed by atoms with E-state index in [0.29, 0.717) is 33.3 Å². The molecule has 4 aromatic rings. The van der Waals surface area contributed by atoms with Crippen LogP contribution < -0.4 is 15.0 Å². The Morgan fingerprint density at radius 2 is 1.59 bits per heavy atom. The van der Waals surface area contributed by atoms with Gasteiger partial charge in [0.2, 0.25) is 0 Å². The molecule has 5 rings (SSSR count). The Morgan fingerprint density at radius 1 is 0.853 bits per heavy atom. The maximum atomic E-state index is 13.8. The number of methoxy groups -OCH3 is 1. The SMILES string of the molecule is COc1ccc(C2=C(Nc3ccc(Cl)cc3C)C(=O)N(c3cccc4ccccc34)C2=O)cc1. The Hall–Kier alpha value is -4.09. The first-order valence-electron chi connectivity index (χ1n) is 10.8. The standard InChI is InChI=1S/C28H21ClN2O3/c1-17-16-20(29)12-15-23(17)30-26-25(19-10-13-21(34-2)14-11-19)27(32)31(28(26)33)24-9-5-7-18-6-3-4-8-22(18)24/h3-16,30H,1-2H3. The van der Waals surface area contributed by atoms with Gasteiger partial charge in [-0.25, -0.2) is 4.90 Å². The molecular formula is C28H21ClN2O3. The maximum Gasteiger partial charge on any atom is 0.282 e. The molecule has 168 valence electrons. The van der Waals surface area contributed by atoms with E-state index in [-0.39, 0.29) is 11.6 Å². The van der Waals surface area contributed by atoms with Gasteiger partial charge in [0.15, 0.2) is 0 Å². The molecule has 0 fully saturated rings. The summed E-state index contributed by atoms with van der Waals surface area (Å²) >= 11 is 6.12. The average molecular weight is 469 g/mol. The van der Waals surface area contributed by atoms with E-state index in [4.69, 9.17) is 16.3 Å². The smallest absolute Gasteiger partial charge is 0.282 e. The number of nitrogens with one attached hydrogen (secondary N) is 1. The molecule has 1 N–H and O–H groups in total. The van der Waals surface area contributed by atoms with Crippen LogP contribution in [-0.4, -0.2) is 18.9 Å². The summed E-state index contributed by atoms with van der Waals surface area (Å²) < 4.78 is 5.26. The number of carbonyl (C=O) groups excluding carboxylic acids is 2. The molecule has 0 unspecified atom stereocenters. The summed E-state index contributed by atoms with van der Waals surface area (Å²) in [6, 6.07) is 25.7. The molecule has 1 aliphatic rings. The number of fused-ring (bicyclic) bond motifs is 1. The molecule has 0 atom stereocenters. The van der Waals surface area contributed by atoms with Crippen LogP contribution in [0.5, 0.6) is 5.75 Å². The summed E-state index contributed by atoms with van der Waals surface area (Å²) in [7, 11) is 1.58. The Labute approximate surface area is 202 Å². The average Bonchev–Trinajstić information content (AvgIpc) is 3.09. The van der Waals surface area contributed by atoms with E-state index in [1.54, 1.807) is 55.6 Å². The van der Waals surface area contributed by atoms with Crippen molar-refractivity contribution in [1.82, 2.24) is 0 Å². The molecule has 34 heavy (non-hydrogen) atoms. The number of carbonyl (C=O) groups is 2. The van der Waals surface area contributed by atoms with Gasteiger partial charge in [-0.15, -0.1) is 0 Å². The second-order valence-electron chi connectivity index (χ2n) is 8.01. The number of hydrogen-bond donors (Lipinski definition) is 1. The molecule has 1 heterocycles. The van der Waals surface area contributed by atoms with Crippen LogP contribution in [0.4, 0.5) is 11.4 Å². The fourth-order valence-electron chi connectivity index (χ4n) is 4.20. The van der Waals surface area contributed by atoms with Crippen molar-refractivity contribution in [1.29, 1.82) is 0 Å². The Kier molecular flexibility index (Phi) is 5.56. The number of hydrogen-bond acceptors (Lipinski definition) is 4. The minimum absolute atomic E-state index is 0.216. The molecule has 1 aliphatic heterocycles. The summed E-state index contributed by atoms with van der Waals surface area (Å²) in [5, 5.41) is 5.58. The van der Waals surface area contributed by atoms with Gasteiger partial charge in [0.1, 0.15) is 11.4 Å². The van der Waals surface area contributed by atoms with Crippen molar-refractivity contribution >= 4 is 51.1 Å². The molecule has 0 saturated carbocycles. The zero-order valence-corrected chi connectivity index (χ0v) is 19.4. The largest absolute Gasteiger partial charge is 0.497 e. The van der Waals surface area contributed by atoms with Crippen LogP contribution in [0.3, 0.4) is 0 Å². The van der Waals surface area contributed by atoms with Gasteiger partial charge >= 0.3 is 0 Å². The lowest BCUT2D eigenvalue weighted by Crippen LogP contribution is -2.32. The monoisotopic (exact) mass is 468 g/mol. The van der Waals surface area contributed by atoms with Crippen LogP contribution in [-0.2, 0) is 9.59 Å². The summed E-state index contributed by atoms with van der Waals surface area (Å²) in [6.45, 7) is 1.89. The minimum Gasteiger partial charge on any atom is -0.497 e. The normalized spacial score (nSPS) is 13.7. The van der Waals surface area contributed by atoms with Crippen LogP contribution in [0.1, 0.15) is 11.1 Å². The number of amides is 2. The van der Waals surface area contributed by atoms with Crippen molar-refractivity contribution in [3.63, 3.8) is 0 Å². The van der Waals surface area contributed by atoms with E-state index in [1.807, 2.05) is 43.3 Å². The molecule has 4 aromatic carbocycles. The Morgan fingerprint density at radius 3 is 2.32 bits per heavy atom. The third-order valence-corrected chi connectivity index (χ3v) is 6.15.